The quantitative estimate of drug-likeness (QED) is 0.453. The second kappa shape index (κ2) is 9.59. The Hall–Kier alpha value is -3.56. The second-order valence-corrected chi connectivity index (χ2v) is 9.23. The Balaban J connectivity index is 1.38. The third-order valence-corrected chi connectivity index (χ3v) is 6.91. The summed E-state index contributed by atoms with van der Waals surface area (Å²) in [4.78, 5) is 17.3. The van der Waals surface area contributed by atoms with Crippen LogP contribution in [0, 0.1) is 0 Å². The molecular weight excluding hydrogens is 442 g/mol. The van der Waals surface area contributed by atoms with E-state index in [1.54, 1.807) is 24.5 Å². The third-order valence-electron chi connectivity index (χ3n) is 6.91. The van der Waals surface area contributed by atoms with Crippen molar-refractivity contribution < 1.29 is 9.53 Å². The van der Waals surface area contributed by atoms with E-state index in [9.17, 15) is 4.79 Å². The number of nitrogens with zero attached hydrogens (tertiary/aromatic N) is 5. The monoisotopic (exact) mass is 471 g/mol. The highest BCUT2D eigenvalue weighted by atomic mass is 16.5. The molecule has 180 valence electrons. The number of rotatable bonds is 5. The Labute approximate surface area is 203 Å². The molecule has 2 N–H and O–H groups in total. The zero-order valence-corrected chi connectivity index (χ0v) is 19.6. The van der Waals surface area contributed by atoms with E-state index < -0.39 is 0 Å². The molecule has 3 aromatic heterocycles. The van der Waals surface area contributed by atoms with Gasteiger partial charge in [-0.05, 0) is 75.0 Å². The Morgan fingerprint density at radius 3 is 2.71 bits per heavy atom. The van der Waals surface area contributed by atoms with Crippen LogP contribution in [0.2, 0.25) is 0 Å². The normalized spacial score (nSPS) is 19.1. The molecule has 9 heteroatoms. The molecule has 9 nitrogen and oxygen atoms in total. The number of carbonyl (C=O) groups excluding carboxylic acids is 1. The van der Waals surface area contributed by atoms with Gasteiger partial charge in [-0.1, -0.05) is 6.07 Å². The molecule has 2 aliphatic heterocycles. The van der Waals surface area contributed by atoms with Gasteiger partial charge in [0.05, 0.1) is 17.8 Å². The fourth-order valence-corrected chi connectivity index (χ4v) is 5.01. The van der Waals surface area contributed by atoms with Gasteiger partial charge in [0.15, 0.2) is 11.9 Å². The molecule has 2 saturated heterocycles. The molecule has 0 aliphatic carbocycles. The van der Waals surface area contributed by atoms with Gasteiger partial charge in [0.2, 0.25) is 0 Å². The van der Waals surface area contributed by atoms with E-state index in [0.717, 1.165) is 67.2 Å². The van der Waals surface area contributed by atoms with Gasteiger partial charge in [0.25, 0.3) is 5.91 Å². The van der Waals surface area contributed by atoms with Crippen LogP contribution in [0.5, 0.6) is 0 Å². The molecule has 1 amide bonds. The Morgan fingerprint density at radius 2 is 1.91 bits per heavy atom. The van der Waals surface area contributed by atoms with Crippen molar-refractivity contribution in [1.82, 2.24) is 29.9 Å². The van der Waals surface area contributed by atoms with E-state index in [4.69, 9.17) is 9.84 Å². The highest BCUT2D eigenvalue weighted by molar-refractivity contribution is 6.11. The van der Waals surface area contributed by atoms with Crippen molar-refractivity contribution in [2.24, 2.45) is 0 Å². The molecule has 4 aromatic rings. The SMILES string of the molecule is O=C(Nc1ccncc1)c1nn(C2CCCCO2)c2ccc(-c3cnn(C4CCNCC4)c3)cc12. The van der Waals surface area contributed by atoms with Crippen molar-refractivity contribution in [3.63, 3.8) is 0 Å². The van der Waals surface area contributed by atoms with Gasteiger partial charge in [-0.2, -0.15) is 10.2 Å². The first-order valence-electron chi connectivity index (χ1n) is 12.4. The van der Waals surface area contributed by atoms with Gasteiger partial charge in [-0.3, -0.25) is 14.5 Å². The number of benzene rings is 1. The predicted octanol–water partition coefficient (Wildman–Crippen LogP) is 4.17. The van der Waals surface area contributed by atoms with Gasteiger partial charge in [-0.25, -0.2) is 4.68 Å². The molecule has 0 saturated carbocycles. The molecule has 35 heavy (non-hydrogen) atoms. The molecule has 1 aromatic carbocycles. The van der Waals surface area contributed by atoms with Crippen LogP contribution in [0.3, 0.4) is 0 Å². The fourth-order valence-electron chi connectivity index (χ4n) is 5.01. The second-order valence-electron chi connectivity index (χ2n) is 9.23. The van der Waals surface area contributed by atoms with Crippen molar-refractivity contribution in [3.05, 3.63) is 60.8 Å². The van der Waals surface area contributed by atoms with E-state index in [0.29, 0.717) is 24.0 Å². The van der Waals surface area contributed by atoms with Gasteiger partial charge in [0.1, 0.15) is 0 Å². The van der Waals surface area contributed by atoms with Crippen molar-refractivity contribution in [2.45, 2.75) is 44.4 Å². The van der Waals surface area contributed by atoms with Crippen LogP contribution in [0.1, 0.15) is 54.9 Å². The highest BCUT2D eigenvalue weighted by Crippen LogP contribution is 2.32. The smallest absolute Gasteiger partial charge is 0.276 e. The lowest BCUT2D eigenvalue weighted by Gasteiger charge is -2.23. The van der Waals surface area contributed by atoms with Crippen LogP contribution in [-0.2, 0) is 4.74 Å². The number of pyridine rings is 1. The molecule has 0 spiro atoms. The lowest BCUT2D eigenvalue weighted by molar-refractivity contribution is -0.0367. The highest BCUT2D eigenvalue weighted by Gasteiger charge is 2.25. The lowest BCUT2D eigenvalue weighted by Crippen LogP contribution is -2.29. The molecular formula is C26H29N7O2. The predicted molar refractivity (Wildman–Crippen MR) is 133 cm³/mol. The minimum absolute atomic E-state index is 0.165. The number of piperidine rings is 1. The molecule has 1 unspecified atom stereocenters. The third kappa shape index (κ3) is 4.44. The van der Waals surface area contributed by atoms with Crippen LogP contribution in [0.25, 0.3) is 22.0 Å². The van der Waals surface area contributed by atoms with E-state index in [-0.39, 0.29) is 12.1 Å². The van der Waals surface area contributed by atoms with Crippen molar-refractivity contribution in [3.8, 4) is 11.1 Å². The summed E-state index contributed by atoms with van der Waals surface area (Å²) in [5, 5.41) is 16.6. The van der Waals surface area contributed by atoms with Gasteiger partial charge in [0, 0.05) is 41.8 Å². The van der Waals surface area contributed by atoms with Gasteiger partial charge >= 0.3 is 0 Å². The maximum atomic E-state index is 13.3. The van der Waals surface area contributed by atoms with Gasteiger partial charge < -0.3 is 15.4 Å². The fraction of sp³-hybridized carbons (Fsp3) is 0.385. The van der Waals surface area contributed by atoms with Crippen molar-refractivity contribution in [2.75, 3.05) is 25.0 Å². The number of carbonyl (C=O) groups is 1. The van der Waals surface area contributed by atoms with Crippen LogP contribution in [-0.4, -0.2) is 50.1 Å². The Morgan fingerprint density at radius 1 is 1.06 bits per heavy atom. The summed E-state index contributed by atoms with van der Waals surface area (Å²) in [5.41, 5.74) is 4.01. The number of aromatic nitrogens is 5. The summed E-state index contributed by atoms with van der Waals surface area (Å²) in [6.45, 7) is 2.74. The summed E-state index contributed by atoms with van der Waals surface area (Å²) < 4.78 is 9.96. The summed E-state index contributed by atoms with van der Waals surface area (Å²) in [6.07, 6.45) is 12.3. The van der Waals surface area contributed by atoms with E-state index in [1.807, 2.05) is 23.0 Å². The summed E-state index contributed by atoms with van der Waals surface area (Å²) in [5.74, 6) is -0.252. The number of ether oxygens (including phenoxy) is 1. The molecule has 5 heterocycles. The number of hydrogen-bond acceptors (Lipinski definition) is 6. The minimum Gasteiger partial charge on any atom is -0.356 e. The standard InChI is InChI=1S/C26H29N7O2/c34-26(30-20-6-10-27-11-7-20)25-22-15-18(19-16-29-32(17-19)21-8-12-28-13-9-21)4-5-23(22)33(31-25)24-3-1-2-14-35-24/h4-7,10-11,15-17,21,24,28H,1-3,8-9,12-14H2,(H,27,30,34). The van der Waals surface area contributed by atoms with Crippen LogP contribution >= 0.6 is 0 Å². The number of nitrogens with one attached hydrogen (secondary N) is 2. The first-order chi connectivity index (χ1) is 17.3. The number of amides is 1. The zero-order chi connectivity index (χ0) is 23.6. The molecule has 0 bridgehead atoms. The van der Waals surface area contributed by atoms with E-state index in [1.165, 1.54) is 0 Å². The first-order valence-corrected chi connectivity index (χ1v) is 12.4. The molecule has 6 rings (SSSR count). The average molecular weight is 472 g/mol. The maximum Gasteiger partial charge on any atom is 0.276 e. The summed E-state index contributed by atoms with van der Waals surface area (Å²) in [6, 6.07) is 10.1. The Kier molecular flexibility index (Phi) is 6.01. The largest absolute Gasteiger partial charge is 0.356 e. The van der Waals surface area contributed by atoms with E-state index >= 15 is 0 Å². The topological polar surface area (TPSA) is 98.9 Å². The summed E-state index contributed by atoms with van der Waals surface area (Å²) in [7, 11) is 0. The number of hydrogen-bond donors (Lipinski definition) is 2. The zero-order valence-electron chi connectivity index (χ0n) is 19.6. The number of fused-ring (bicyclic) bond motifs is 1. The van der Waals surface area contributed by atoms with Crippen LogP contribution in [0.4, 0.5) is 5.69 Å². The molecule has 2 aliphatic rings. The Bertz CT molecular complexity index is 1320. The van der Waals surface area contributed by atoms with E-state index in [2.05, 4.69) is 37.7 Å². The van der Waals surface area contributed by atoms with Crippen LogP contribution in [0.15, 0.2) is 55.1 Å². The van der Waals surface area contributed by atoms with Crippen molar-refractivity contribution >= 4 is 22.5 Å². The minimum atomic E-state index is -0.252. The lowest BCUT2D eigenvalue weighted by atomic mass is 10.0. The van der Waals surface area contributed by atoms with Crippen LogP contribution < -0.4 is 10.6 Å². The average Bonchev–Trinajstić information content (AvgIpc) is 3.56. The van der Waals surface area contributed by atoms with Crippen molar-refractivity contribution in [1.29, 1.82) is 0 Å². The molecule has 0 radical (unpaired) electrons. The number of anilines is 1. The maximum absolute atomic E-state index is 13.3. The first kappa shape index (κ1) is 21.9. The summed E-state index contributed by atoms with van der Waals surface area (Å²) >= 11 is 0. The molecule has 1 atom stereocenters. The molecule has 2 fully saturated rings. The van der Waals surface area contributed by atoms with Gasteiger partial charge in [-0.15, -0.1) is 0 Å².